The van der Waals surface area contributed by atoms with E-state index in [9.17, 15) is 4.79 Å². The van der Waals surface area contributed by atoms with Gasteiger partial charge in [0, 0.05) is 50.0 Å². The Hall–Kier alpha value is -2.34. The van der Waals surface area contributed by atoms with Crippen molar-refractivity contribution < 1.29 is 4.79 Å². The molecule has 2 aromatic carbocycles. The molecule has 0 atom stereocenters. The van der Waals surface area contributed by atoms with Gasteiger partial charge in [-0.05, 0) is 42.6 Å². The minimum atomic E-state index is 0. The normalized spacial score (nSPS) is 17.1. The molecule has 0 saturated carbocycles. The Bertz CT molecular complexity index is 1050. The zero-order chi connectivity index (χ0) is 19.8. The number of amides is 1. The monoisotopic (exact) mass is 424 g/mol. The van der Waals surface area contributed by atoms with E-state index in [1.54, 1.807) is 0 Å². The van der Waals surface area contributed by atoms with Gasteiger partial charge in [0.15, 0.2) is 0 Å². The van der Waals surface area contributed by atoms with Crippen molar-refractivity contribution in [1.82, 2.24) is 14.8 Å². The molecule has 158 valence electrons. The second kappa shape index (κ2) is 8.80. The molecule has 1 aromatic heterocycles. The lowest BCUT2D eigenvalue weighted by molar-refractivity contribution is -0.121. The van der Waals surface area contributed by atoms with Gasteiger partial charge in [0.25, 0.3) is 0 Å². The molecule has 2 aliphatic rings. The predicted octanol–water partition coefficient (Wildman–Crippen LogP) is 3.14. The predicted molar refractivity (Wildman–Crippen MR) is 125 cm³/mol. The molecule has 3 heterocycles. The molecule has 0 spiro atoms. The Morgan fingerprint density at radius 1 is 1.07 bits per heavy atom. The molecule has 5 rings (SSSR count). The highest BCUT2D eigenvalue weighted by molar-refractivity contribution is 5.98. The molecular weight excluding hydrogens is 396 g/mol. The number of rotatable bonds is 4. The number of halogens is 1. The number of anilines is 1. The van der Waals surface area contributed by atoms with Crippen LogP contribution in [0.15, 0.2) is 48.5 Å². The van der Waals surface area contributed by atoms with Gasteiger partial charge in [-0.2, -0.15) is 0 Å². The highest BCUT2D eigenvalue weighted by atomic mass is 35.5. The Morgan fingerprint density at radius 3 is 2.70 bits per heavy atom. The van der Waals surface area contributed by atoms with Gasteiger partial charge in [0.2, 0.25) is 5.91 Å². The van der Waals surface area contributed by atoms with E-state index in [-0.39, 0.29) is 18.3 Å². The van der Waals surface area contributed by atoms with E-state index in [4.69, 9.17) is 0 Å². The Labute approximate surface area is 184 Å². The summed E-state index contributed by atoms with van der Waals surface area (Å²) in [5, 5.41) is 4.80. The van der Waals surface area contributed by atoms with E-state index in [0.717, 1.165) is 51.3 Å². The van der Waals surface area contributed by atoms with Crippen LogP contribution in [-0.2, 0) is 31.2 Å². The maximum absolute atomic E-state index is 12.9. The molecule has 6 heteroatoms. The van der Waals surface area contributed by atoms with Gasteiger partial charge in [0.05, 0.1) is 12.1 Å². The van der Waals surface area contributed by atoms with Crippen molar-refractivity contribution in [3.8, 4) is 0 Å². The molecule has 1 saturated heterocycles. The van der Waals surface area contributed by atoms with Crippen LogP contribution >= 0.6 is 12.4 Å². The number of aryl methyl sites for hydroxylation is 1. The van der Waals surface area contributed by atoms with Crippen molar-refractivity contribution in [2.24, 2.45) is 7.05 Å². The molecule has 1 amide bonds. The van der Waals surface area contributed by atoms with Crippen LogP contribution in [0.1, 0.15) is 16.8 Å². The SMILES string of the molecule is Cl.Cn1c2c(c3ccc(N4CCN(CCc5ccccc5)CC4=O)cc31)CCNC2. The fourth-order valence-corrected chi connectivity index (χ4v) is 4.77. The van der Waals surface area contributed by atoms with Crippen LogP contribution < -0.4 is 10.2 Å². The second-order valence-electron chi connectivity index (χ2n) is 8.17. The Morgan fingerprint density at radius 2 is 1.90 bits per heavy atom. The summed E-state index contributed by atoms with van der Waals surface area (Å²) >= 11 is 0. The van der Waals surface area contributed by atoms with E-state index < -0.39 is 0 Å². The van der Waals surface area contributed by atoms with Crippen molar-refractivity contribution in [2.75, 3.05) is 37.6 Å². The summed E-state index contributed by atoms with van der Waals surface area (Å²) in [6.07, 6.45) is 2.06. The minimum absolute atomic E-state index is 0. The van der Waals surface area contributed by atoms with Gasteiger partial charge in [-0.1, -0.05) is 36.4 Å². The first-order valence-corrected chi connectivity index (χ1v) is 10.6. The fourth-order valence-electron chi connectivity index (χ4n) is 4.77. The average molecular weight is 425 g/mol. The van der Waals surface area contributed by atoms with E-state index in [1.807, 2.05) is 11.0 Å². The summed E-state index contributed by atoms with van der Waals surface area (Å²) in [6, 6.07) is 17.0. The summed E-state index contributed by atoms with van der Waals surface area (Å²) in [5.74, 6) is 0.198. The molecule has 0 unspecified atom stereocenters. The molecular formula is C24H29ClN4O. The zero-order valence-corrected chi connectivity index (χ0v) is 18.3. The maximum atomic E-state index is 12.9. The first kappa shape index (κ1) is 20.9. The third-order valence-electron chi connectivity index (χ3n) is 6.44. The van der Waals surface area contributed by atoms with Crippen LogP contribution in [0.2, 0.25) is 0 Å². The first-order chi connectivity index (χ1) is 14.2. The summed E-state index contributed by atoms with van der Waals surface area (Å²) < 4.78 is 2.29. The summed E-state index contributed by atoms with van der Waals surface area (Å²) in [6.45, 7) is 5.07. The number of fused-ring (bicyclic) bond motifs is 3. The molecule has 1 N–H and O–H groups in total. The van der Waals surface area contributed by atoms with Gasteiger partial charge in [-0.25, -0.2) is 0 Å². The van der Waals surface area contributed by atoms with E-state index >= 15 is 0 Å². The number of carbonyl (C=O) groups is 1. The topological polar surface area (TPSA) is 40.5 Å². The summed E-state index contributed by atoms with van der Waals surface area (Å²) in [4.78, 5) is 17.1. The number of piperazine rings is 1. The number of hydrogen-bond donors (Lipinski definition) is 1. The lowest BCUT2D eigenvalue weighted by Crippen LogP contribution is -2.50. The van der Waals surface area contributed by atoms with Gasteiger partial charge in [0.1, 0.15) is 0 Å². The van der Waals surface area contributed by atoms with Crippen molar-refractivity contribution in [3.05, 3.63) is 65.4 Å². The number of carbonyl (C=O) groups excluding carboxylic acids is 1. The molecule has 3 aromatic rings. The molecule has 0 aliphatic carbocycles. The molecule has 30 heavy (non-hydrogen) atoms. The highest BCUT2D eigenvalue weighted by Gasteiger charge is 2.26. The Kier molecular flexibility index (Phi) is 6.14. The molecule has 0 bridgehead atoms. The Balaban J connectivity index is 0.00000218. The van der Waals surface area contributed by atoms with Crippen LogP contribution in [0.5, 0.6) is 0 Å². The lowest BCUT2D eigenvalue weighted by atomic mass is 10.0. The summed E-state index contributed by atoms with van der Waals surface area (Å²) in [7, 11) is 2.14. The van der Waals surface area contributed by atoms with E-state index in [1.165, 1.54) is 27.7 Å². The van der Waals surface area contributed by atoms with Crippen molar-refractivity contribution in [1.29, 1.82) is 0 Å². The van der Waals surface area contributed by atoms with Crippen molar-refractivity contribution in [2.45, 2.75) is 19.4 Å². The molecule has 5 nitrogen and oxygen atoms in total. The van der Waals surface area contributed by atoms with Gasteiger partial charge < -0.3 is 14.8 Å². The zero-order valence-electron chi connectivity index (χ0n) is 17.4. The van der Waals surface area contributed by atoms with Crippen LogP contribution in [0, 0.1) is 0 Å². The number of benzene rings is 2. The van der Waals surface area contributed by atoms with Gasteiger partial charge in [-0.15, -0.1) is 12.4 Å². The van der Waals surface area contributed by atoms with Gasteiger partial charge >= 0.3 is 0 Å². The number of aromatic nitrogens is 1. The molecule has 1 fully saturated rings. The third kappa shape index (κ3) is 3.85. The molecule has 2 aliphatic heterocycles. The standard InChI is InChI=1S/C24H28N4O.ClH/c1-26-22-15-19(7-8-20(22)21-9-11-25-16-23(21)26)28-14-13-27(17-24(28)29)12-10-18-5-3-2-4-6-18;/h2-8,15,25H,9-14,16-17H2,1H3;1H. The first-order valence-electron chi connectivity index (χ1n) is 10.6. The van der Waals surface area contributed by atoms with Crippen LogP contribution in [0.4, 0.5) is 5.69 Å². The van der Waals surface area contributed by atoms with Crippen LogP contribution in [0.3, 0.4) is 0 Å². The smallest absolute Gasteiger partial charge is 0.241 e. The number of hydrogen-bond acceptors (Lipinski definition) is 3. The quantitative estimate of drug-likeness (QED) is 0.699. The van der Waals surface area contributed by atoms with Crippen molar-refractivity contribution >= 4 is 34.9 Å². The van der Waals surface area contributed by atoms with E-state index in [2.05, 4.69) is 64.3 Å². The van der Waals surface area contributed by atoms with Crippen LogP contribution in [0.25, 0.3) is 10.9 Å². The second-order valence-corrected chi connectivity index (χ2v) is 8.17. The minimum Gasteiger partial charge on any atom is -0.346 e. The summed E-state index contributed by atoms with van der Waals surface area (Å²) in [5.41, 5.74) is 6.42. The number of nitrogens with one attached hydrogen (secondary N) is 1. The highest BCUT2D eigenvalue weighted by Crippen LogP contribution is 2.31. The average Bonchev–Trinajstić information content (AvgIpc) is 3.05. The van der Waals surface area contributed by atoms with E-state index in [0.29, 0.717) is 6.54 Å². The maximum Gasteiger partial charge on any atom is 0.241 e. The third-order valence-corrected chi connectivity index (χ3v) is 6.44. The molecule has 0 radical (unpaired) electrons. The largest absolute Gasteiger partial charge is 0.346 e. The number of nitrogens with zero attached hydrogens (tertiary/aromatic N) is 3. The van der Waals surface area contributed by atoms with Crippen molar-refractivity contribution in [3.63, 3.8) is 0 Å². The van der Waals surface area contributed by atoms with Gasteiger partial charge in [-0.3, -0.25) is 9.69 Å². The lowest BCUT2D eigenvalue weighted by Gasteiger charge is -2.34. The van der Waals surface area contributed by atoms with Crippen LogP contribution in [-0.4, -0.2) is 48.1 Å². The fraction of sp³-hybridized carbons (Fsp3) is 0.375.